The summed E-state index contributed by atoms with van der Waals surface area (Å²) in [5.74, 6) is 0.350. The van der Waals surface area contributed by atoms with E-state index in [9.17, 15) is 9.90 Å². The normalized spacial score (nSPS) is 13.8. The van der Waals surface area contributed by atoms with Gasteiger partial charge in [0.25, 0.3) is 0 Å². The number of phenolic OH excluding ortho intramolecular Hbond substituents is 1. The zero-order chi connectivity index (χ0) is 15.2. The van der Waals surface area contributed by atoms with Gasteiger partial charge in [0.1, 0.15) is 5.75 Å². The third kappa shape index (κ3) is 3.78. The number of carbonyl (C=O) groups is 1. The van der Waals surface area contributed by atoms with Crippen LogP contribution in [0, 0.1) is 0 Å². The molecule has 0 bridgehead atoms. The number of rotatable bonds is 6. The molecule has 1 aliphatic carbocycles. The van der Waals surface area contributed by atoms with E-state index < -0.39 is 0 Å². The first-order valence-corrected chi connectivity index (χ1v) is 8.09. The van der Waals surface area contributed by atoms with Crippen LogP contribution in [0.25, 0.3) is 0 Å². The average molecular weight is 290 g/mol. The zero-order valence-electron chi connectivity index (χ0n) is 13.2. The summed E-state index contributed by atoms with van der Waals surface area (Å²) in [5.41, 5.74) is 4.70. The number of methoxy groups -OCH3 is 1. The van der Waals surface area contributed by atoms with E-state index in [-0.39, 0.29) is 5.97 Å². The van der Waals surface area contributed by atoms with Crippen LogP contribution in [0.1, 0.15) is 61.3 Å². The van der Waals surface area contributed by atoms with Gasteiger partial charge in [-0.05, 0) is 67.2 Å². The monoisotopic (exact) mass is 290 g/mol. The highest BCUT2D eigenvalue weighted by molar-refractivity contribution is 5.69. The fourth-order valence-electron chi connectivity index (χ4n) is 3.20. The van der Waals surface area contributed by atoms with Crippen LogP contribution in [-0.2, 0) is 35.2 Å². The van der Waals surface area contributed by atoms with Gasteiger partial charge < -0.3 is 9.84 Å². The van der Waals surface area contributed by atoms with Crippen molar-refractivity contribution in [1.82, 2.24) is 0 Å². The molecule has 1 N–H and O–H groups in total. The van der Waals surface area contributed by atoms with Gasteiger partial charge in [-0.25, -0.2) is 0 Å². The quantitative estimate of drug-likeness (QED) is 0.812. The van der Waals surface area contributed by atoms with Crippen molar-refractivity contribution in [2.24, 2.45) is 0 Å². The maximum absolute atomic E-state index is 11.4. The largest absolute Gasteiger partial charge is 0.507 e. The average Bonchev–Trinajstić information content (AvgIpc) is 2.53. The molecule has 21 heavy (non-hydrogen) atoms. The zero-order valence-corrected chi connectivity index (χ0v) is 13.2. The number of ether oxygens (including phenoxy) is 1. The van der Waals surface area contributed by atoms with Crippen molar-refractivity contribution < 1.29 is 14.6 Å². The van der Waals surface area contributed by atoms with Gasteiger partial charge in [-0.2, -0.15) is 0 Å². The van der Waals surface area contributed by atoms with E-state index in [1.165, 1.54) is 24.7 Å². The van der Waals surface area contributed by atoms with Crippen molar-refractivity contribution in [1.29, 1.82) is 0 Å². The Hall–Kier alpha value is -1.51. The van der Waals surface area contributed by atoms with E-state index >= 15 is 0 Å². The van der Waals surface area contributed by atoms with Crippen molar-refractivity contribution in [3.8, 4) is 5.75 Å². The van der Waals surface area contributed by atoms with E-state index in [0.29, 0.717) is 18.6 Å². The SMILES string of the molecule is CCCCc1cc(CCC(=O)OC)c2c(c1O)CCCC2. The van der Waals surface area contributed by atoms with Crippen molar-refractivity contribution in [3.05, 3.63) is 28.3 Å². The molecule has 0 saturated carbocycles. The molecule has 0 fully saturated rings. The molecular weight excluding hydrogens is 264 g/mol. The summed E-state index contributed by atoms with van der Waals surface area (Å²) in [5, 5.41) is 10.5. The van der Waals surface area contributed by atoms with Gasteiger partial charge in [0.2, 0.25) is 0 Å². The molecule has 0 unspecified atom stereocenters. The summed E-state index contributed by atoms with van der Waals surface area (Å²) in [7, 11) is 1.43. The number of hydrogen-bond acceptors (Lipinski definition) is 3. The minimum atomic E-state index is -0.164. The Morgan fingerprint density at radius 3 is 2.57 bits per heavy atom. The van der Waals surface area contributed by atoms with E-state index in [1.807, 2.05) is 0 Å². The van der Waals surface area contributed by atoms with Gasteiger partial charge >= 0.3 is 5.97 Å². The third-order valence-electron chi connectivity index (χ3n) is 4.42. The fraction of sp³-hybridized carbons (Fsp3) is 0.611. The van der Waals surface area contributed by atoms with Crippen LogP contribution in [0.5, 0.6) is 5.75 Å². The molecule has 116 valence electrons. The first-order valence-electron chi connectivity index (χ1n) is 8.09. The Bertz CT molecular complexity index is 506. The molecule has 3 heteroatoms. The van der Waals surface area contributed by atoms with Crippen molar-refractivity contribution >= 4 is 5.97 Å². The first kappa shape index (κ1) is 15.9. The molecular formula is C18H26O3. The van der Waals surface area contributed by atoms with E-state index in [4.69, 9.17) is 4.74 Å². The van der Waals surface area contributed by atoms with Gasteiger partial charge in [0.15, 0.2) is 0 Å². The van der Waals surface area contributed by atoms with Crippen LogP contribution < -0.4 is 0 Å². The van der Waals surface area contributed by atoms with Gasteiger partial charge in [-0.15, -0.1) is 0 Å². The Kier molecular flexibility index (Phi) is 5.66. The number of phenols is 1. The topological polar surface area (TPSA) is 46.5 Å². The van der Waals surface area contributed by atoms with Crippen molar-refractivity contribution in [2.75, 3.05) is 7.11 Å². The van der Waals surface area contributed by atoms with Crippen molar-refractivity contribution in [3.63, 3.8) is 0 Å². The van der Waals surface area contributed by atoms with E-state index in [0.717, 1.165) is 49.7 Å². The van der Waals surface area contributed by atoms with Gasteiger partial charge in [-0.1, -0.05) is 19.4 Å². The highest BCUT2D eigenvalue weighted by Crippen LogP contribution is 2.36. The summed E-state index contributed by atoms with van der Waals surface area (Å²) < 4.78 is 4.75. The predicted molar refractivity (Wildman–Crippen MR) is 83.7 cm³/mol. The van der Waals surface area contributed by atoms with Crippen LogP contribution in [0.3, 0.4) is 0 Å². The number of aryl methyl sites for hydroxylation is 2. The lowest BCUT2D eigenvalue weighted by atomic mass is 9.83. The number of hydrogen-bond donors (Lipinski definition) is 1. The standard InChI is InChI=1S/C18H26O3/c1-3-4-7-14-12-13(10-11-17(19)21-2)15-8-5-6-9-16(15)18(14)20/h12,20H,3-11H2,1-2H3. The number of unbranched alkanes of at least 4 members (excludes halogenated alkanes) is 1. The highest BCUT2D eigenvalue weighted by Gasteiger charge is 2.20. The molecule has 0 radical (unpaired) electrons. The molecule has 0 spiro atoms. The molecule has 1 aromatic rings. The lowest BCUT2D eigenvalue weighted by Crippen LogP contribution is -2.11. The Morgan fingerprint density at radius 2 is 1.90 bits per heavy atom. The summed E-state index contributed by atoms with van der Waals surface area (Å²) in [6, 6.07) is 2.12. The highest BCUT2D eigenvalue weighted by atomic mass is 16.5. The van der Waals surface area contributed by atoms with E-state index in [2.05, 4.69) is 13.0 Å². The van der Waals surface area contributed by atoms with Crippen LogP contribution in [0.2, 0.25) is 0 Å². The van der Waals surface area contributed by atoms with Crippen LogP contribution in [0.15, 0.2) is 6.07 Å². The molecule has 0 aromatic heterocycles. The number of aromatic hydroxyl groups is 1. The molecule has 0 heterocycles. The van der Waals surface area contributed by atoms with Crippen molar-refractivity contribution in [2.45, 2.75) is 64.7 Å². The predicted octanol–water partition coefficient (Wildman–Crippen LogP) is 3.72. The number of carbonyl (C=O) groups excluding carboxylic acids is 1. The van der Waals surface area contributed by atoms with Gasteiger partial charge in [-0.3, -0.25) is 4.79 Å². The summed E-state index contributed by atoms with van der Waals surface area (Å²) in [4.78, 5) is 11.4. The molecule has 2 rings (SSSR count). The molecule has 1 aliphatic rings. The number of fused-ring (bicyclic) bond motifs is 1. The molecule has 0 saturated heterocycles. The third-order valence-corrected chi connectivity index (χ3v) is 4.42. The number of benzene rings is 1. The summed E-state index contributed by atoms with van der Waals surface area (Å²) in [6.45, 7) is 2.16. The summed E-state index contributed by atoms with van der Waals surface area (Å²) in [6.07, 6.45) is 8.56. The fourth-order valence-corrected chi connectivity index (χ4v) is 3.20. The molecule has 3 nitrogen and oxygen atoms in total. The second-order valence-electron chi connectivity index (χ2n) is 5.89. The van der Waals surface area contributed by atoms with Crippen LogP contribution in [-0.4, -0.2) is 18.2 Å². The van der Waals surface area contributed by atoms with E-state index in [1.54, 1.807) is 0 Å². The van der Waals surface area contributed by atoms with Gasteiger partial charge in [0.05, 0.1) is 7.11 Å². The molecule has 1 aromatic carbocycles. The smallest absolute Gasteiger partial charge is 0.305 e. The van der Waals surface area contributed by atoms with Crippen LogP contribution >= 0.6 is 0 Å². The minimum Gasteiger partial charge on any atom is -0.507 e. The maximum Gasteiger partial charge on any atom is 0.305 e. The second kappa shape index (κ2) is 7.48. The Labute approximate surface area is 127 Å². The van der Waals surface area contributed by atoms with Gasteiger partial charge in [0, 0.05) is 6.42 Å². The number of esters is 1. The van der Waals surface area contributed by atoms with Crippen LogP contribution in [0.4, 0.5) is 0 Å². The molecule has 0 atom stereocenters. The minimum absolute atomic E-state index is 0.164. The molecule has 0 aliphatic heterocycles. The lowest BCUT2D eigenvalue weighted by Gasteiger charge is -2.23. The maximum atomic E-state index is 11.4. The summed E-state index contributed by atoms with van der Waals surface area (Å²) >= 11 is 0. The second-order valence-corrected chi connectivity index (χ2v) is 5.89. The molecule has 0 amide bonds. The Morgan fingerprint density at radius 1 is 1.19 bits per heavy atom. The first-order chi connectivity index (χ1) is 10.2. The lowest BCUT2D eigenvalue weighted by molar-refractivity contribution is -0.140. The Balaban J connectivity index is 2.30.